The molecule has 9 heteroatoms. The topological polar surface area (TPSA) is 125 Å². The number of aromatic hydroxyl groups is 1. The minimum atomic E-state index is -0.660. The number of aromatic amines is 1. The van der Waals surface area contributed by atoms with Crippen molar-refractivity contribution in [1.82, 2.24) is 25.3 Å². The second-order valence-corrected chi connectivity index (χ2v) is 10.9. The third-order valence-electron chi connectivity index (χ3n) is 7.82. The Balaban J connectivity index is 1.39. The van der Waals surface area contributed by atoms with E-state index in [2.05, 4.69) is 25.9 Å². The Kier molecular flexibility index (Phi) is 7.27. The Hall–Kier alpha value is -3.62. The molecule has 2 fully saturated rings. The van der Waals surface area contributed by atoms with Crippen LogP contribution in [0.1, 0.15) is 81.3 Å². The summed E-state index contributed by atoms with van der Waals surface area (Å²) in [6, 6.07) is 6.26. The molecule has 0 bridgehead atoms. The number of carbonyl (C=O) groups is 2. The first-order valence-corrected chi connectivity index (χ1v) is 13.9. The number of nitrogens with one attached hydrogen (secondary N) is 3. The van der Waals surface area contributed by atoms with Crippen LogP contribution in [0.4, 0.5) is 5.69 Å². The van der Waals surface area contributed by atoms with Gasteiger partial charge >= 0.3 is 0 Å². The lowest BCUT2D eigenvalue weighted by atomic mass is 9.88. The predicted molar refractivity (Wildman–Crippen MR) is 146 cm³/mol. The number of hydrogen-bond acceptors (Lipinski definition) is 5. The zero-order valence-corrected chi connectivity index (χ0v) is 22.6. The van der Waals surface area contributed by atoms with Crippen LogP contribution in [0.15, 0.2) is 30.5 Å². The molecule has 0 radical (unpaired) electrons. The molecule has 2 saturated carbocycles. The number of benzene rings is 1. The van der Waals surface area contributed by atoms with Gasteiger partial charge in [-0.25, -0.2) is 0 Å². The van der Waals surface area contributed by atoms with E-state index in [-0.39, 0.29) is 29.5 Å². The van der Waals surface area contributed by atoms with Gasteiger partial charge in [0.15, 0.2) is 0 Å². The van der Waals surface area contributed by atoms with Crippen LogP contribution >= 0.6 is 0 Å². The van der Waals surface area contributed by atoms with Crippen LogP contribution in [0.5, 0.6) is 5.75 Å². The van der Waals surface area contributed by atoms with Gasteiger partial charge in [-0.05, 0) is 88.3 Å². The molecule has 1 atom stereocenters. The van der Waals surface area contributed by atoms with Crippen LogP contribution in [0, 0.1) is 17.8 Å². The Labute approximate surface area is 223 Å². The van der Waals surface area contributed by atoms with E-state index in [1.807, 2.05) is 33.8 Å². The molecule has 1 aromatic carbocycles. The van der Waals surface area contributed by atoms with Crippen LogP contribution in [0.2, 0.25) is 0 Å². The summed E-state index contributed by atoms with van der Waals surface area (Å²) in [6.45, 7) is 8.01. The van der Waals surface area contributed by atoms with E-state index < -0.39 is 6.04 Å². The normalized spacial score (nSPS) is 16.2. The van der Waals surface area contributed by atoms with Crippen molar-refractivity contribution < 1.29 is 14.7 Å². The lowest BCUT2D eigenvalue weighted by Crippen LogP contribution is -2.50. The lowest BCUT2D eigenvalue weighted by Gasteiger charge is -2.28. The van der Waals surface area contributed by atoms with Crippen LogP contribution in [-0.2, 0) is 17.6 Å². The number of anilines is 1. The standard InChI is InChI=1S/C29H38N6O3/c1-5-21-26(22(6-2)34-33-21)20-12-11-19(15-24(20)36)31-29(38)27(25(17-7-8-17)18-9-10-18)32-28(37)23-13-14-30-35(23)16(3)4/h11-18,25,27,36H,5-10H2,1-4H3,(H,31,38)(H,32,37)(H,33,34). The predicted octanol–water partition coefficient (Wildman–Crippen LogP) is 4.86. The van der Waals surface area contributed by atoms with Gasteiger partial charge < -0.3 is 15.7 Å². The monoisotopic (exact) mass is 518 g/mol. The summed E-state index contributed by atoms with van der Waals surface area (Å²) in [5.74, 6) is 0.538. The van der Waals surface area contributed by atoms with Gasteiger partial charge in [0.25, 0.3) is 5.91 Å². The Morgan fingerprint density at radius 2 is 1.82 bits per heavy atom. The van der Waals surface area contributed by atoms with Crippen LogP contribution in [-0.4, -0.2) is 42.9 Å². The Morgan fingerprint density at radius 1 is 1.11 bits per heavy atom. The number of hydrogen-bond donors (Lipinski definition) is 4. The number of aromatic nitrogens is 4. The number of carbonyl (C=O) groups excluding carboxylic acids is 2. The third kappa shape index (κ3) is 5.19. The van der Waals surface area contributed by atoms with Crippen molar-refractivity contribution in [3.05, 3.63) is 47.5 Å². The zero-order valence-electron chi connectivity index (χ0n) is 22.6. The molecule has 3 aromatic rings. The van der Waals surface area contributed by atoms with E-state index in [0.29, 0.717) is 28.8 Å². The minimum absolute atomic E-state index is 0.0267. The highest BCUT2D eigenvalue weighted by Gasteiger charge is 2.48. The molecule has 2 aliphatic rings. The largest absolute Gasteiger partial charge is 0.507 e. The molecule has 2 aromatic heterocycles. The number of phenolic OH excluding ortho intramolecular Hbond substituents is 1. The third-order valence-corrected chi connectivity index (χ3v) is 7.82. The van der Waals surface area contributed by atoms with Crippen molar-refractivity contribution in [3.63, 3.8) is 0 Å². The van der Waals surface area contributed by atoms with Crippen LogP contribution < -0.4 is 10.6 Å². The Morgan fingerprint density at radius 3 is 2.39 bits per heavy atom. The van der Waals surface area contributed by atoms with Crippen LogP contribution in [0.25, 0.3) is 11.1 Å². The van der Waals surface area contributed by atoms with E-state index in [9.17, 15) is 14.7 Å². The summed E-state index contributed by atoms with van der Waals surface area (Å²) in [6.07, 6.45) is 7.47. The maximum atomic E-state index is 13.7. The molecule has 0 aliphatic heterocycles. The molecule has 0 spiro atoms. The molecule has 38 heavy (non-hydrogen) atoms. The SMILES string of the molecule is CCc1n[nH]c(CC)c1-c1ccc(NC(=O)C(NC(=O)c2ccnn2C(C)C)C(C2CC2)C2CC2)cc1O. The molecular weight excluding hydrogens is 480 g/mol. The van der Waals surface area contributed by atoms with E-state index >= 15 is 0 Å². The summed E-state index contributed by atoms with van der Waals surface area (Å²) < 4.78 is 1.68. The number of rotatable bonds is 11. The molecule has 2 heterocycles. The van der Waals surface area contributed by atoms with E-state index in [1.54, 1.807) is 29.1 Å². The van der Waals surface area contributed by atoms with Gasteiger partial charge in [-0.15, -0.1) is 0 Å². The number of aryl methyl sites for hydroxylation is 2. The molecule has 5 rings (SSSR count). The summed E-state index contributed by atoms with van der Waals surface area (Å²) >= 11 is 0. The molecule has 1 unspecified atom stereocenters. The molecular formula is C29H38N6O3. The molecule has 9 nitrogen and oxygen atoms in total. The summed E-state index contributed by atoms with van der Waals surface area (Å²) in [4.78, 5) is 27.1. The van der Waals surface area contributed by atoms with E-state index in [4.69, 9.17) is 0 Å². The molecule has 4 N–H and O–H groups in total. The van der Waals surface area contributed by atoms with Crippen molar-refractivity contribution in [1.29, 1.82) is 0 Å². The van der Waals surface area contributed by atoms with E-state index in [1.165, 1.54) is 0 Å². The number of nitrogens with zero attached hydrogens (tertiary/aromatic N) is 3. The van der Waals surface area contributed by atoms with Crippen molar-refractivity contribution in [2.24, 2.45) is 17.8 Å². The fourth-order valence-corrected chi connectivity index (χ4v) is 5.64. The van der Waals surface area contributed by atoms with Crippen molar-refractivity contribution in [2.75, 3.05) is 5.32 Å². The van der Waals surface area contributed by atoms with Crippen molar-refractivity contribution in [3.8, 4) is 16.9 Å². The van der Waals surface area contributed by atoms with Crippen molar-refractivity contribution in [2.45, 2.75) is 78.3 Å². The summed E-state index contributed by atoms with van der Waals surface area (Å²) in [7, 11) is 0. The maximum Gasteiger partial charge on any atom is 0.270 e. The van der Waals surface area contributed by atoms with Crippen molar-refractivity contribution >= 4 is 17.5 Å². The molecule has 202 valence electrons. The number of phenols is 1. The average molecular weight is 519 g/mol. The fourth-order valence-electron chi connectivity index (χ4n) is 5.64. The van der Waals surface area contributed by atoms with Gasteiger partial charge in [-0.1, -0.05) is 13.8 Å². The van der Waals surface area contributed by atoms with Gasteiger partial charge in [-0.3, -0.25) is 19.4 Å². The van der Waals surface area contributed by atoms with E-state index in [0.717, 1.165) is 55.5 Å². The minimum Gasteiger partial charge on any atom is -0.507 e. The number of amides is 2. The first-order valence-electron chi connectivity index (χ1n) is 13.9. The summed E-state index contributed by atoms with van der Waals surface area (Å²) in [5, 5.41) is 28.7. The highest BCUT2D eigenvalue weighted by molar-refractivity contribution is 6.01. The molecule has 2 aliphatic carbocycles. The first kappa shape index (κ1) is 26.0. The van der Waals surface area contributed by atoms with Crippen LogP contribution in [0.3, 0.4) is 0 Å². The van der Waals surface area contributed by atoms with Gasteiger partial charge in [0, 0.05) is 40.8 Å². The second-order valence-electron chi connectivity index (χ2n) is 10.9. The zero-order chi connectivity index (χ0) is 27.0. The quantitative estimate of drug-likeness (QED) is 0.289. The van der Waals surface area contributed by atoms with Gasteiger partial charge in [0.1, 0.15) is 17.5 Å². The fraction of sp³-hybridized carbons (Fsp3) is 0.517. The smallest absolute Gasteiger partial charge is 0.270 e. The highest BCUT2D eigenvalue weighted by atomic mass is 16.3. The summed E-state index contributed by atoms with van der Waals surface area (Å²) in [5.41, 5.74) is 4.41. The Bertz CT molecular complexity index is 1280. The van der Waals surface area contributed by atoms with Gasteiger partial charge in [0.2, 0.25) is 5.91 Å². The average Bonchev–Trinajstić information content (AvgIpc) is 3.82. The van der Waals surface area contributed by atoms with Gasteiger partial charge in [-0.2, -0.15) is 10.2 Å². The van der Waals surface area contributed by atoms with Gasteiger partial charge in [0.05, 0.1) is 5.69 Å². The maximum absolute atomic E-state index is 13.7. The lowest BCUT2D eigenvalue weighted by molar-refractivity contribution is -0.119. The molecule has 0 saturated heterocycles. The highest BCUT2D eigenvalue weighted by Crippen LogP contribution is 2.51. The second kappa shape index (κ2) is 10.6. The number of H-pyrrole nitrogens is 1. The molecule has 2 amide bonds. The first-order chi connectivity index (χ1) is 18.3.